The maximum Gasteiger partial charge on any atom is 0.265 e. The first-order valence-corrected chi connectivity index (χ1v) is 8.64. The monoisotopic (exact) mass is 331 g/mol. The Kier molecular flexibility index (Phi) is 4.76. The van der Waals surface area contributed by atoms with E-state index < -0.39 is 6.10 Å². The van der Waals surface area contributed by atoms with E-state index in [1.807, 2.05) is 6.07 Å². The molecule has 24 heavy (non-hydrogen) atoms. The van der Waals surface area contributed by atoms with Gasteiger partial charge in [-0.25, -0.2) is 0 Å². The van der Waals surface area contributed by atoms with E-state index in [9.17, 15) is 9.59 Å². The summed E-state index contributed by atoms with van der Waals surface area (Å²) in [7, 11) is 0. The van der Waals surface area contributed by atoms with Gasteiger partial charge in [0.2, 0.25) is 5.91 Å². The van der Waals surface area contributed by atoms with Crippen LogP contribution in [-0.4, -0.2) is 41.4 Å². The fourth-order valence-corrected chi connectivity index (χ4v) is 3.37. The Labute approximate surface area is 142 Å². The summed E-state index contributed by atoms with van der Waals surface area (Å²) in [6.45, 7) is 6.91. The van der Waals surface area contributed by atoms with E-state index in [1.54, 1.807) is 19.1 Å². The minimum absolute atomic E-state index is 0.0137. The van der Waals surface area contributed by atoms with E-state index in [4.69, 9.17) is 4.74 Å². The van der Waals surface area contributed by atoms with Gasteiger partial charge in [0.05, 0.1) is 11.7 Å². The Hall–Kier alpha value is -2.08. The highest BCUT2D eigenvalue weighted by molar-refractivity contribution is 6.00. The molecule has 0 aliphatic carbocycles. The molecule has 0 bridgehead atoms. The van der Waals surface area contributed by atoms with Crippen molar-refractivity contribution in [2.75, 3.05) is 17.2 Å². The average molecular weight is 331 g/mol. The lowest BCUT2D eigenvalue weighted by molar-refractivity contribution is -0.123. The van der Waals surface area contributed by atoms with Crippen molar-refractivity contribution < 1.29 is 14.3 Å². The largest absolute Gasteiger partial charge is 0.479 e. The van der Waals surface area contributed by atoms with Gasteiger partial charge in [0, 0.05) is 11.7 Å². The minimum Gasteiger partial charge on any atom is -0.479 e. The van der Waals surface area contributed by atoms with Gasteiger partial charge in [0.25, 0.3) is 5.91 Å². The second-order valence-electron chi connectivity index (χ2n) is 6.79. The van der Waals surface area contributed by atoms with E-state index >= 15 is 0 Å². The highest BCUT2D eigenvalue weighted by Gasteiger charge is 2.30. The van der Waals surface area contributed by atoms with Gasteiger partial charge < -0.3 is 15.4 Å². The van der Waals surface area contributed by atoms with Crippen molar-refractivity contribution in [1.29, 1.82) is 0 Å². The lowest BCUT2D eigenvalue weighted by Gasteiger charge is -2.37. The minimum atomic E-state index is -0.500. The van der Waals surface area contributed by atoms with Crippen molar-refractivity contribution in [3.63, 3.8) is 0 Å². The van der Waals surface area contributed by atoms with E-state index in [1.165, 1.54) is 0 Å². The van der Waals surface area contributed by atoms with Crippen molar-refractivity contribution in [1.82, 2.24) is 4.90 Å². The van der Waals surface area contributed by atoms with Gasteiger partial charge in [-0.2, -0.15) is 0 Å². The van der Waals surface area contributed by atoms with Gasteiger partial charge in [-0.1, -0.05) is 6.42 Å². The van der Waals surface area contributed by atoms with Gasteiger partial charge in [-0.3, -0.25) is 14.5 Å². The van der Waals surface area contributed by atoms with Crippen LogP contribution in [0.3, 0.4) is 0 Å². The summed E-state index contributed by atoms with van der Waals surface area (Å²) >= 11 is 0. The van der Waals surface area contributed by atoms with Crippen molar-refractivity contribution in [2.45, 2.75) is 58.2 Å². The molecule has 0 aromatic heterocycles. The molecular weight excluding hydrogens is 306 g/mol. The van der Waals surface area contributed by atoms with Gasteiger partial charge in [0.1, 0.15) is 5.75 Å². The van der Waals surface area contributed by atoms with Crippen LogP contribution in [-0.2, 0) is 9.59 Å². The summed E-state index contributed by atoms with van der Waals surface area (Å²) in [5, 5.41) is 5.79. The van der Waals surface area contributed by atoms with E-state index in [-0.39, 0.29) is 17.9 Å². The maximum absolute atomic E-state index is 12.7. The third-order valence-corrected chi connectivity index (χ3v) is 4.69. The maximum atomic E-state index is 12.7. The van der Waals surface area contributed by atoms with Crippen molar-refractivity contribution in [3.05, 3.63) is 18.2 Å². The van der Waals surface area contributed by atoms with Crippen molar-refractivity contribution in [2.24, 2.45) is 0 Å². The fourth-order valence-electron chi connectivity index (χ4n) is 3.37. The summed E-state index contributed by atoms with van der Waals surface area (Å²) in [6, 6.07) is 5.59. The number of likely N-dealkylation sites (tertiary alicyclic amines) is 1. The van der Waals surface area contributed by atoms with E-state index in [2.05, 4.69) is 29.4 Å². The van der Waals surface area contributed by atoms with Gasteiger partial charge in [-0.05, 0) is 58.4 Å². The van der Waals surface area contributed by atoms with Crippen LogP contribution in [0, 0.1) is 0 Å². The smallest absolute Gasteiger partial charge is 0.265 e. The number of rotatable bonds is 3. The SMILES string of the molecule is CC(C)N1CCCC[C@@H]1C(=O)Nc1ccc2c(c1)NC(=O)[C@@H](C)O2. The Bertz CT molecular complexity index is 644. The standard InChI is InChI=1S/C18H25N3O3/c1-11(2)21-9-5-4-6-15(21)18(23)19-13-7-8-16-14(10-13)20-17(22)12(3)24-16/h7-8,10-12,15H,4-6,9H2,1-3H3,(H,19,23)(H,20,22)/t12-,15-/m1/s1. The molecule has 2 heterocycles. The summed E-state index contributed by atoms with van der Waals surface area (Å²) in [6.07, 6.45) is 2.60. The number of hydrogen-bond donors (Lipinski definition) is 2. The molecule has 3 rings (SSSR count). The number of anilines is 2. The molecule has 6 nitrogen and oxygen atoms in total. The molecule has 1 saturated heterocycles. The number of carbonyl (C=O) groups is 2. The zero-order valence-electron chi connectivity index (χ0n) is 14.5. The summed E-state index contributed by atoms with van der Waals surface area (Å²) in [5.74, 6) is 0.464. The molecule has 0 unspecified atom stereocenters. The lowest BCUT2D eigenvalue weighted by atomic mass is 9.99. The molecule has 130 valence electrons. The average Bonchev–Trinajstić information content (AvgIpc) is 2.56. The van der Waals surface area contributed by atoms with Gasteiger partial charge >= 0.3 is 0 Å². The molecule has 1 aromatic rings. The first kappa shape index (κ1) is 16.8. The van der Waals surface area contributed by atoms with Crippen LogP contribution < -0.4 is 15.4 Å². The number of hydrogen-bond acceptors (Lipinski definition) is 4. The van der Waals surface area contributed by atoms with Crippen molar-refractivity contribution in [3.8, 4) is 5.75 Å². The Morgan fingerprint density at radius 1 is 1.38 bits per heavy atom. The first-order valence-electron chi connectivity index (χ1n) is 8.64. The number of carbonyl (C=O) groups excluding carboxylic acids is 2. The molecule has 2 N–H and O–H groups in total. The molecule has 2 amide bonds. The normalized spacial score (nSPS) is 24.1. The third kappa shape index (κ3) is 3.38. The second kappa shape index (κ2) is 6.81. The van der Waals surface area contributed by atoms with Crippen LogP contribution in [0.25, 0.3) is 0 Å². The van der Waals surface area contributed by atoms with Crippen LogP contribution in [0.4, 0.5) is 11.4 Å². The number of piperidine rings is 1. The van der Waals surface area contributed by atoms with Crippen LogP contribution in [0.15, 0.2) is 18.2 Å². The van der Waals surface area contributed by atoms with Gasteiger partial charge in [0.15, 0.2) is 6.10 Å². The Morgan fingerprint density at radius 2 is 2.17 bits per heavy atom. The number of amides is 2. The summed E-state index contributed by atoms with van der Waals surface area (Å²) in [4.78, 5) is 26.7. The van der Waals surface area contributed by atoms with Crippen LogP contribution in [0.5, 0.6) is 5.75 Å². The predicted molar refractivity (Wildman–Crippen MR) is 93.3 cm³/mol. The van der Waals surface area contributed by atoms with Crippen LogP contribution in [0.1, 0.15) is 40.0 Å². The molecule has 2 aliphatic heterocycles. The Balaban J connectivity index is 1.73. The topological polar surface area (TPSA) is 70.7 Å². The number of nitrogens with zero attached hydrogens (tertiary/aromatic N) is 1. The predicted octanol–water partition coefficient (Wildman–Crippen LogP) is 2.61. The number of benzene rings is 1. The zero-order chi connectivity index (χ0) is 17.3. The molecule has 1 fully saturated rings. The molecule has 0 saturated carbocycles. The molecule has 0 spiro atoms. The number of fused-ring (bicyclic) bond motifs is 1. The van der Waals surface area contributed by atoms with E-state index in [0.717, 1.165) is 25.8 Å². The molecular formula is C18H25N3O3. The quantitative estimate of drug-likeness (QED) is 0.893. The molecule has 6 heteroatoms. The van der Waals surface area contributed by atoms with Crippen molar-refractivity contribution >= 4 is 23.2 Å². The highest BCUT2D eigenvalue weighted by Crippen LogP contribution is 2.32. The highest BCUT2D eigenvalue weighted by atomic mass is 16.5. The van der Waals surface area contributed by atoms with Gasteiger partial charge in [-0.15, -0.1) is 0 Å². The van der Waals surface area contributed by atoms with E-state index in [0.29, 0.717) is 23.2 Å². The number of ether oxygens (including phenoxy) is 1. The molecule has 0 radical (unpaired) electrons. The Morgan fingerprint density at radius 3 is 2.92 bits per heavy atom. The first-order chi connectivity index (χ1) is 11.5. The lowest BCUT2D eigenvalue weighted by Crippen LogP contribution is -2.50. The van der Waals surface area contributed by atoms with Crippen LogP contribution >= 0.6 is 0 Å². The second-order valence-corrected chi connectivity index (χ2v) is 6.79. The fraction of sp³-hybridized carbons (Fsp3) is 0.556. The zero-order valence-corrected chi connectivity index (χ0v) is 14.5. The molecule has 2 atom stereocenters. The molecule has 2 aliphatic rings. The molecule has 1 aromatic carbocycles. The summed E-state index contributed by atoms with van der Waals surface area (Å²) in [5.41, 5.74) is 1.27. The summed E-state index contributed by atoms with van der Waals surface area (Å²) < 4.78 is 5.54. The van der Waals surface area contributed by atoms with Crippen LogP contribution in [0.2, 0.25) is 0 Å². The third-order valence-electron chi connectivity index (χ3n) is 4.69. The number of nitrogens with one attached hydrogen (secondary N) is 2.